The standard InChI is InChI=1S/C13H20N4O2/c1-9-4-3-7-16(11(9)8-14)13-12(17(18)19)10(2)5-6-15-13/h5-6,9,11H,3-4,7-8,14H2,1-2H3. The minimum atomic E-state index is -0.343. The highest BCUT2D eigenvalue weighted by Crippen LogP contribution is 2.34. The van der Waals surface area contributed by atoms with Crippen molar-refractivity contribution in [1.29, 1.82) is 0 Å². The third-order valence-electron chi connectivity index (χ3n) is 3.92. The van der Waals surface area contributed by atoms with Gasteiger partial charge in [-0.05, 0) is 31.7 Å². The number of piperidine rings is 1. The van der Waals surface area contributed by atoms with Crippen LogP contribution in [0.25, 0.3) is 0 Å². The molecule has 19 heavy (non-hydrogen) atoms. The maximum Gasteiger partial charge on any atom is 0.314 e. The van der Waals surface area contributed by atoms with Crippen LogP contribution >= 0.6 is 0 Å². The molecule has 2 N–H and O–H groups in total. The first-order valence-electron chi connectivity index (χ1n) is 6.63. The third-order valence-corrected chi connectivity index (χ3v) is 3.92. The summed E-state index contributed by atoms with van der Waals surface area (Å²) < 4.78 is 0. The molecule has 0 saturated carbocycles. The van der Waals surface area contributed by atoms with Crippen molar-refractivity contribution < 1.29 is 4.92 Å². The molecule has 2 heterocycles. The quantitative estimate of drug-likeness (QED) is 0.665. The molecular formula is C13H20N4O2. The molecule has 1 aliphatic rings. The summed E-state index contributed by atoms with van der Waals surface area (Å²) in [4.78, 5) is 17.2. The Labute approximate surface area is 112 Å². The lowest BCUT2D eigenvalue weighted by molar-refractivity contribution is -0.385. The molecule has 0 bridgehead atoms. The number of aromatic nitrogens is 1. The van der Waals surface area contributed by atoms with Crippen molar-refractivity contribution >= 4 is 11.5 Å². The number of aryl methyl sites for hydroxylation is 1. The summed E-state index contributed by atoms with van der Waals surface area (Å²) >= 11 is 0. The highest BCUT2D eigenvalue weighted by Gasteiger charge is 2.33. The smallest absolute Gasteiger partial charge is 0.314 e. The van der Waals surface area contributed by atoms with Crippen LogP contribution in [0.2, 0.25) is 0 Å². The Kier molecular flexibility index (Phi) is 3.99. The van der Waals surface area contributed by atoms with Crippen molar-refractivity contribution in [2.24, 2.45) is 11.7 Å². The summed E-state index contributed by atoms with van der Waals surface area (Å²) in [6, 6.07) is 1.80. The van der Waals surface area contributed by atoms with Crippen molar-refractivity contribution in [1.82, 2.24) is 4.98 Å². The van der Waals surface area contributed by atoms with E-state index in [1.54, 1.807) is 19.2 Å². The largest absolute Gasteiger partial charge is 0.346 e. The van der Waals surface area contributed by atoms with Crippen molar-refractivity contribution in [3.63, 3.8) is 0 Å². The van der Waals surface area contributed by atoms with Crippen molar-refractivity contribution in [2.45, 2.75) is 32.7 Å². The molecule has 0 aromatic carbocycles. The Morgan fingerprint density at radius 1 is 1.63 bits per heavy atom. The van der Waals surface area contributed by atoms with E-state index in [1.165, 1.54) is 0 Å². The molecule has 6 heteroatoms. The van der Waals surface area contributed by atoms with Gasteiger partial charge in [0.15, 0.2) is 0 Å². The lowest BCUT2D eigenvalue weighted by Gasteiger charge is -2.39. The van der Waals surface area contributed by atoms with E-state index in [1.807, 2.05) is 4.90 Å². The maximum atomic E-state index is 11.3. The van der Waals surface area contributed by atoms with Gasteiger partial charge in [0.25, 0.3) is 0 Å². The molecule has 1 aromatic heterocycles. The fourth-order valence-electron chi connectivity index (χ4n) is 2.84. The minimum Gasteiger partial charge on any atom is -0.346 e. The summed E-state index contributed by atoms with van der Waals surface area (Å²) in [6.07, 6.45) is 3.76. The topological polar surface area (TPSA) is 85.3 Å². The number of hydrogen-bond acceptors (Lipinski definition) is 5. The van der Waals surface area contributed by atoms with Crippen LogP contribution in [0.4, 0.5) is 11.5 Å². The van der Waals surface area contributed by atoms with Crippen LogP contribution in [-0.4, -0.2) is 29.0 Å². The van der Waals surface area contributed by atoms with E-state index in [0.717, 1.165) is 19.4 Å². The average Bonchev–Trinajstić information content (AvgIpc) is 2.37. The molecule has 1 saturated heterocycles. The fraction of sp³-hybridized carbons (Fsp3) is 0.615. The van der Waals surface area contributed by atoms with Crippen LogP contribution < -0.4 is 10.6 Å². The van der Waals surface area contributed by atoms with Crippen molar-refractivity contribution in [3.8, 4) is 0 Å². The van der Waals surface area contributed by atoms with E-state index < -0.39 is 0 Å². The zero-order valence-corrected chi connectivity index (χ0v) is 11.4. The molecule has 1 fully saturated rings. The number of pyridine rings is 1. The van der Waals surface area contributed by atoms with Crippen LogP contribution in [0.1, 0.15) is 25.3 Å². The predicted octanol–water partition coefficient (Wildman–Crippen LogP) is 1.86. The van der Waals surface area contributed by atoms with Gasteiger partial charge >= 0.3 is 5.69 Å². The highest BCUT2D eigenvalue weighted by molar-refractivity contribution is 5.62. The molecule has 0 amide bonds. The Hall–Kier alpha value is -1.69. The van der Waals surface area contributed by atoms with Crippen LogP contribution in [0.5, 0.6) is 0 Å². The average molecular weight is 264 g/mol. The molecule has 1 aromatic rings. The van der Waals surface area contributed by atoms with Gasteiger partial charge in [0.2, 0.25) is 5.82 Å². The predicted molar refractivity (Wildman–Crippen MR) is 74.2 cm³/mol. The molecule has 2 rings (SSSR count). The van der Waals surface area contributed by atoms with Crippen LogP contribution in [-0.2, 0) is 0 Å². The zero-order valence-electron chi connectivity index (χ0n) is 11.4. The number of nitro groups is 1. The maximum absolute atomic E-state index is 11.3. The second-order valence-corrected chi connectivity index (χ2v) is 5.17. The molecule has 104 valence electrons. The van der Waals surface area contributed by atoms with Crippen LogP contribution in [0.15, 0.2) is 12.3 Å². The number of hydrogen-bond donors (Lipinski definition) is 1. The summed E-state index contributed by atoms with van der Waals surface area (Å²) in [7, 11) is 0. The molecule has 6 nitrogen and oxygen atoms in total. The molecule has 0 aliphatic carbocycles. The number of nitrogens with two attached hydrogens (primary N) is 1. The molecule has 0 radical (unpaired) electrons. The number of nitrogens with zero attached hydrogens (tertiary/aromatic N) is 3. The Morgan fingerprint density at radius 3 is 3.00 bits per heavy atom. The van der Waals surface area contributed by atoms with E-state index in [4.69, 9.17) is 5.73 Å². The molecule has 2 unspecified atom stereocenters. The van der Waals surface area contributed by atoms with Gasteiger partial charge in [-0.1, -0.05) is 6.92 Å². The van der Waals surface area contributed by atoms with E-state index in [9.17, 15) is 10.1 Å². The number of rotatable bonds is 3. The van der Waals surface area contributed by atoms with Gasteiger partial charge in [-0.2, -0.15) is 0 Å². The first-order chi connectivity index (χ1) is 9.06. The summed E-state index contributed by atoms with van der Waals surface area (Å²) in [5.41, 5.74) is 6.60. The minimum absolute atomic E-state index is 0.107. The van der Waals surface area contributed by atoms with Crippen LogP contribution in [0.3, 0.4) is 0 Å². The third kappa shape index (κ3) is 2.53. The lowest BCUT2D eigenvalue weighted by atomic mass is 9.90. The van der Waals surface area contributed by atoms with Gasteiger partial charge < -0.3 is 10.6 Å². The van der Waals surface area contributed by atoms with E-state index in [0.29, 0.717) is 23.8 Å². The summed E-state index contributed by atoms with van der Waals surface area (Å²) in [5, 5.41) is 11.3. The Bertz CT molecular complexity index is 478. The summed E-state index contributed by atoms with van der Waals surface area (Å²) in [5.74, 6) is 0.896. The van der Waals surface area contributed by atoms with Gasteiger partial charge in [0.1, 0.15) is 0 Å². The van der Waals surface area contributed by atoms with E-state index in [2.05, 4.69) is 11.9 Å². The second-order valence-electron chi connectivity index (χ2n) is 5.17. The van der Waals surface area contributed by atoms with E-state index >= 15 is 0 Å². The SMILES string of the molecule is Cc1ccnc(N2CCCC(C)C2CN)c1[N+](=O)[O-]. The molecule has 1 aliphatic heterocycles. The van der Waals surface area contributed by atoms with Crippen molar-refractivity contribution in [2.75, 3.05) is 18.0 Å². The van der Waals surface area contributed by atoms with Crippen molar-refractivity contribution in [3.05, 3.63) is 27.9 Å². The first kappa shape index (κ1) is 13.7. The zero-order chi connectivity index (χ0) is 14.0. The highest BCUT2D eigenvalue weighted by atomic mass is 16.6. The summed E-state index contributed by atoms with van der Waals surface area (Å²) in [6.45, 7) is 5.16. The fourth-order valence-corrected chi connectivity index (χ4v) is 2.84. The second kappa shape index (κ2) is 5.52. The van der Waals surface area contributed by atoms with Gasteiger partial charge in [0, 0.05) is 30.9 Å². The van der Waals surface area contributed by atoms with Crippen LogP contribution in [0, 0.1) is 23.0 Å². The van der Waals surface area contributed by atoms with Gasteiger partial charge in [-0.15, -0.1) is 0 Å². The Balaban J connectivity index is 2.45. The monoisotopic (exact) mass is 264 g/mol. The van der Waals surface area contributed by atoms with Gasteiger partial charge in [0.05, 0.1) is 4.92 Å². The first-order valence-corrected chi connectivity index (χ1v) is 6.63. The normalized spacial score (nSPS) is 23.4. The molecular weight excluding hydrogens is 244 g/mol. The molecule has 2 atom stereocenters. The number of anilines is 1. The van der Waals surface area contributed by atoms with Gasteiger partial charge in [-0.3, -0.25) is 10.1 Å². The lowest BCUT2D eigenvalue weighted by Crippen LogP contribution is -2.49. The van der Waals surface area contributed by atoms with E-state index in [-0.39, 0.29) is 16.7 Å². The Morgan fingerprint density at radius 2 is 2.37 bits per heavy atom. The van der Waals surface area contributed by atoms with Gasteiger partial charge in [-0.25, -0.2) is 4.98 Å². The molecule has 0 spiro atoms.